The third-order valence-corrected chi connectivity index (χ3v) is 3.55. The Morgan fingerprint density at radius 2 is 2.19 bits per heavy atom. The van der Waals surface area contributed by atoms with Crippen LogP contribution >= 0.6 is 0 Å². The van der Waals surface area contributed by atoms with E-state index in [4.69, 9.17) is 0 Å². The summed E-state index contributed by atoms with van der Waals surface area (Å²) in [6, 6.07) is -0.0114. The van der Waals surface area contributed by atoms with Crippen LogP contribution in [0.2, 0.25) is 0 Å². The average Bonchev–Trinajstić information content (AvgIpc) is 2.28. The first-order valence-corrected chi connectivity index (χ1v) is 6.31. The van der Waals surface area contributed by atoms with E-state index in [1.807, 2.05) is 4.90 Å². The Morgan fingerprint density at radius 3 is 2.81 bits per heavy atom. The highest BCUT2D eigenvalue weighted by atomic mass is 16.2. The lowest BCUT2D eigenvalue weighted by Crippen LogP contribution is -2.58. The molecule has 1 unspecified atom stereocenters. The van der Waals surface area contributed by atoms with Crippen LogP contribution in [-0.4, -0.2) is 49.6 Å². The molecule has 2 N–H and O–H groups in total. The van der Waals surface area contributed by atoms with E-state index in [0.29, 0.717) is 0 Å². The van der Waals surface area contributed by atoms with Gasteiger partial charge in [-0.1, -0.05) is 13.8 Å². The molecule has 2 rings (SSSR count). The minimum atomic E-state index is -0.0114. The molecule has 2 aliphatic heterocycles. The lowest BCUT2D eigenvalue weighted by Gasteiger charge is -2.40. The van der Waals surface area contributed by atoms with Gasteiger partial charge in [0.15, 0.2) is 0 Å². The summed E-state index contributed by atoms with van der Waals surface area (Å²) in [5.74, 6) is 0.278. The summed E-state index contributed by atoms with van der Waals surface area (Å²) in [4.78, 5) is 14.3. The summed E-state index contributed by atoms with van der Waals surface area (Å²) in [5, 5.41) is 6.56. The molecule has 0 aromatic rings. The molecule has 0 radical (unpaired) electrons. The smallest absolute Gasteiger partial charge is 0.241 e. The van der Waals surface area contributed by atoms with Crippen molar-refractivity contribution in [2.45, 2.75) is 32.7 Å². The fourth-order valence-corrected chi connectivity index (χ4v) is 2.66. The van der Waals surface area contributed by atoms with Crippen molar-refractivity contribution in [1.82, 2.24) is 15.5 Å². The Labute approximate surface area is 97.8 Å². The number of carbonyl (C=O) groups is 1. The number of carbonyl (C=O) groups excluding carboxylic acids is 1. The minimum Gasteiger partial charge on any atom is -0.341 e. The summed E-state index contributed by atoms with van der Waals surface area (Å²) < 4.78 is 0. The second-order valence-electron chi connectivity index (χ2n) is 5.74. The quantitative estimate of drug-likeness (QED) is 0.670. The molecule has 0 bridgehead atoms. The standard InChI is InChI=1S/C12H23N3O/c1-12(2)4-3-7-15(9-12)11(16)10-8-13-5-6-14-10/h10,13-14H,3-9H2,1-2H3. The summed E-state index contributed by atoms with van der Waals surface area (Å²) >= 11 is 0. The molecular formula is C12H23N3O. The number of hydrogen-bond acceptors (Lipinski definition) is 3. The van der Waals surface area contributed by atoms with Crippen molar-refractivity contribution in [1.29, 1.82) is 0 Å². The van der Waals surface area contributed by atoms with Crippen LogP contribution in [0.5, 0.6) is 0 Å². The van der Waals surface area contributed by atoms with Crippen molar-refractivity contribution in [3.05, 3.63) is 0 Å². The van der Waals surface area contributed by atoms with Crippen LogP contribution in [0.15, 0.2) is 0 Å². The van der Waals surface area contributed by atoms with Gasteiger partial charge in [-0.2, -0.15) is 0 Å². The van der Waals surface area contributed by atoms with Gasteiger partial charge >= 0.3 is 0 Å². The zero-order chi connectivity index (χ0) is 11.6. The normalized spacial score (nSPS) is 30.1. The van der Waals surface area contributed by atoms with Gasteiger partial charge in [0.2, 0.25) is 5.91 Å². The number of likely N-dealkylation sites (tertiary alicyclic amines) is 1. The van der Waals surface area contributed by atoms with Crippen LogP contribution in [0.4, 0.5) is 0 Å². The number of piperazine rings is 1. The SMILES string of the molecule is CC1(C)CCCN(C(=O)C2CNCCN2)C1. The van der Waals surface area contributed by atoms with Gasteiger partial charge in [0.1, 0.15) is 0 Å². The van der Waals surface area contributed by atoms with Gasteiger partial charge in [0.25, 0.3) is 0 Å². The number of rotatable bonds is 1. The number of hydrogen-bond donors (Lipinski definition) is 2. The molecule has 0 spiro atoms. The molecule has 2 fully saturated rings. The topological polar surface area (TPSA) is 44.4 Å². The zero-order valence-corrected chi connectivity index (χ0v) is 10.4. The molecule has 2 saturated heterocycles. The molecule has 0 aromatic carbocycles. The summed E-state index contributed by atoms with van der Waals surface area (Å²) in [5.41, 5.74) is 0.288. The molecule has 2 heterocycles. The van der Waals surface area contributed by atoms with Gasteiger partial charge in [-0.25, -0.2) is 0 Å². The van der Waals surface area contributed by atoms with Crippen LogP contribution in [0.25, 0.3) is 0 Å². The lowest BCUT2D eigenvalue weighted by atomic mass is 9.84. The van der Waals surface area contributed by atoms with Crippen LogP contribution in [0, 0.1) is 5.41 Å². The minimum absolute atomic E-state index is 0.0114. The maximum absolute atomic E-state index is 12.3. The number of nitrogens with one attached hydrogen (secondary N) is 2. The first-order valence-electron chi connectivity index (χ1n) is 6.31. The summed E-state index contributed by atoms with van der Waals surface area (Å²) in [6.07, 6.45) is 2.37. The lowest BCUT2D eigenvalue weighted by molar-refractivity contribution is -0.136. The van der Waals surface area contributed by atoms with Crippen LogP contribution < -0.4 is 10.6 Å². The Bertz CT molecular complexity index is 259. The van der Waals surface area contributed by atoms with E-state index in [9.17, 15) is 4.79 Å². The van der Waals surface area contributed by atoms with Gasteiger partial charge in [-0.05, 0) is 18.3 Å². The first-order chi connectivity index (χ1) is 7.58. The average molecular weight is 225 g/mol. The first kappa shape index (κ1) is 11.9. The molecule has 1 atom stereocenters. The van der Waals surface area contributed by atoms with Crippen LogP contribution in [0.1, 0.15) is 26.7 Å². The van der Waals surface area contributed by atoms with E-state index < -0.39 is 0 Å². The maximum atomic E-state index is 12.3. The van der Waals surface area contributed by atoms with E-state index in [0.717, 1.165) is 39.1 Å². The molecule has 0 aromatic heterocycles. The molecule has 0 aliphatic carbocycles. The Balaban J connectivity index is 1.93. The fourth-order valence-electron chi connectivity index (χ4n) is 2.66. The van der Waals surface area contributed by atoms with Crippen molar-refractivity contribution in [2.24, 2.45) is 5.41 Å². The Morgan fingerprint density at radius 1 is 1.38 bits per heavy atom. The molecule has 1 amide bonds. The predicted octanol–water partition coefficient (Wildman–Crippen LogP) is 0.196. The molecule has 4 nitrogen and oxygen atoms in total. The predicted molar refractivity (Wildman–Crippen MR) is 64.3 cm³/mol. The van der Waals surface area contributed by atoms with Gasteiger partial charge in [-0.15, -0.1) is 0 Å². The highest BCUT2D eigenvalue weighted by Gasteiger charge is 2.32. The second-order valence-corrected chi connectivity index (χ2v) is 5.74. The van der Waals surface area contributed by atoms with E-state index in [1.54, 1.807) is 0 Å². The van der Waals surface area contributed by atoms with Gasteiger partial charge < -0.3 is 15.5 Å². The van der Waals surface area contributed by atoms with Crippen molar-refractivity contribution in [3.63, 3.8) is 0 Å². The number of piperidine rings is 1. The highest BCUT2D eigenvalue weighted by Crippen LogP contribution is 2.28. The Hall–Kier alpha value is -0.610. The van der Waals surface area contributed by atoms with Crippen molar-refractivity contribution >= 4 is 5.91 Å². The molecule has 16 heavy (non-hydrogen) atoms. The van der Waals surface area contributed by atoms with E-state index in [-0.39, 0.29) is 17.4 Å². The number of amides is 1. The van der Waals surface area contributed by atoms with Crippen LogP contribution in [0.3, 0.4) is 0 Å². The summed E-state index contributed by atoms with van der Waals surface area (Å²) in [6.45, 7) is 8.97. The molecule has 0 saturated carbocycles. The molecule has 2 aliphatic rings. The Kier molecular flexibility index (Phi) is 3.50. The maximum Gasteiger partial charge on any atom is 0.241 e. The third kappa shape index (κ3) is 2.74. The van der Waals surface area contributed by atoms with Gasteiger partial charge in [-0.3, -0.25) is 4.79 Å². The van der Waals surface area contributed by atoms with Crippen LogP contribution in [-0.2, 0) is 4.79 Å². The van der Waals surface area contributed by atoms with Crippen molar-refractivity contribution in [3.8, 4) is 0 Å². The number of nitrogens with zero attached hydrogens (tertiary/aromatic N) is 1. The zero-order valence-electron chi connectivity index (χ0n) is 10.4. The molecule has 92 valence electrons. The molecular weight excluding hydrogens is 202 g/mol. The monoisotopic (exact) mass is 225 g/mol. The van der Waals surface area contributed by atoms with Crippen molar-refractivity contribution < 1.29 is 4.79 Å². The second kappa shape index (κ2) is 4.72. The summed E-state index contributed by atoms with van der Waals surface area (Å²) in [7, 11) is 0. The van der Waals surface area contributed by atoms with Gasteiger partial charge in [0.05, 0.1) is 6.04 Å². The van der Waals surface area contributed by atoms with Gasteiger partial charge in [0, 0.05) is 32.7 Å². The van der Waals surface area contributed by atoms with E-state index in [1.165, 1.54) is 6.42 Å². The largest absolute Gasteiger partial charge is 0.341 e. The van der Waals surface area contributed by atoms with E-state index in [2.05, 4.69) is 24.5 Å². The molecule has 4 heteroatoms. The van der Waals surface area contributed by atoms with E-state index >= 15 is 0 Å². The fraction of sp³-hybridized carbons (Fsp3) is 0.917. The third-order valence-electron chi connectivity index (χ3n) is 3.55. The highest BCUT2D eigenvalue weighted by molar-refractivity contribution is 5.82. The van der Waals surface area contributed by atoms with Crippen molar-refractivity contribution in [2.75, 3.05) is 32.7 Å².